The Balaban J connectivity index is 2.05. The van der Waals surface area contributed by atoms with Crippen LogP contribution in [0.5, 0.6) is 0 Å². The SMILES string of the molecule is COC(=O)[C@@H](NC(=O)[C@@H](CCCNC(=O)OC(C)(C)C)NC(=O)OCc1ccccc1)c1ccccc1. The van der Waals surface area contributed by atoms with Crippen molar-refractivity contribution in [2.24, 2.45) is 0 Å². The van der Waals surface area contributed by atoms with Crippen molar-refractivity contribution in [1.29, 1.82) is 0 Å². The molecule has 3 amide bonds. The van der Waals surface area contributed by atoms with Crippen LogP contribution in [0.3, 0.4) is 0 Å². The average Bonchev–Trinajstić information content (AvgIpc) is 2.87. The number of carbonyl (C=O) groups excluding carboxylic acids is 4. The van der Waals surface area contributed by atoms with Gasteiger partial charge in [-0.2, -0.15) is 0 Å². The predicted octanol–water partition coefficient (Wildman–Crippen LogP) is 3.62. The first-order valence-corrected chi connectivity index (χ1v) is 12.0. The van der Waals surface area contributed by atoms with Crippen LogP contribution in [0.2, 0.25) is 0 Å². The van der Waals surface area contributed by atoms with Gasteiger partial charge < -0.3 is 30.2 Å². The van der Waals surface area contributed by atoms with Crippen LogP contribution in [0.1, 0.15) is 50.8 Å². The summed E-state index contributed by atoms with van der Waals surface area (Å²) in [7, 11) is 1.23. The van der Waals surface area contributed by atoms with E-state index in [4.69, 9.17) is 14.2 Å². The van der Waals surface area contributed by atoms with Crippen LogP contribution in [0.4, 0.5) is 9.59 Å². The van der Waals surface area contributed by atoms with Crippen LogP contribution < -0.4 is 16.0 Å². The number of amides is 3. The number of methoxy groups -OCH3 is 1. The van der Waals surface area contributed by atoms with Crippen molar-refractivity contribution in [3.8, 4) is 0 Å². The Bertz CT molecular complexity index is 1020. The molecule has 0 radical (unpaired) electrons. The molecule has 0 aliphatic carbocycles. The quantitative estimate of drug-likeness (QED) is 0.238. The Morgan fingerprint density at radius 2 is 1.49 bits per heavy atom. The maximum absolute atomic E-state index is 13.2. The molecular formula is C27H35N3O7. The van der Waals surface area contributed by atoms with E-state index >= 15 is 0 Å². The highest BCUT2D eigenvalue weighted by molar-refractivity contribution is 5.90. The lowest BCUT2D eigenvalue weighted by molar-refractivity contribution is -0.145. The van der Waals surface area contributed by atoms with Gasteiger partial charge >= 0.3 is 18.2 Å². The van der Waals surface area contributed by atoms with Crippen molar-refractivity contribution in [2.75, 3.05) is 13.7 Å². The van der Waals surface area contributed by atoms with Crippen LogP contribution >= 0.6 is 0 Å². The normalized spacial score (nSPS) is 12.4. The second-order valence-corrected chi connectivity index (χ2v) is 9.20. The van der Waals surface area contributed by atoms with Gasteiger partial charge in [0.15, 0.2) is 6.04 Å². The summed E-state index contributed by atoms with van der Waals surface area (Å²) in [5.41, 5.74) is 0.673. The summed E-state index contributed by atoms with van der Waals surface area (Å²) in [6.45, 7) is 5.49. The number of benzene rings is 2. The van der Waals surface area contributed by atoms with Crippen LogP contribution in [0, 0.1) is 0 Å². The Hall–Kier alpha value is -4.08. The van der Waals surface area contributed by atoms with E-state index in [1.807, 2.05) is 18.2 Å². The largest absolute Gasteiger partial charge is 0.467 e. The van der Waals surface area contributed by atoms with Crippen molar-refractivity contribution in [3.05, 3.63) is 71.8 Å². The molecule has 0 bridgehead atoms. The molecule has 200 valence electrons. The number of rotatable bonds is 11. The number of carbonyl (C=O) groups is 4. The molecule has 2 rings (SSSR count). The number of ether oxygens (including phenoxy) is 3. The summed E-state index contributed by atoms with van der Waals surface area (Å²) in [4.78, 5) is 49.9. The van der Waals surface area contributed by atoms with E-state index in [0.717, 1.165) is 5.56 Å². The molecule has 3 N–H and O–H groups in total. The number of nitrogens with one attached hydrogen (secondary N) is 3. The first kappa shape index (κ1) is 29.2. The summed E-state index contributed by atoms with van der Waals surface area (Å²) in [5, 5.41) is 7.82. The standard InChI is InChI=1S/C27H35N3O7/c1-27(2,3)37-25(33)28-17-11-16-21(29-26(34)36-18-19-12-7-5-8-13-19)23(31)30-22(24(32)35-4)20-14-9-6-10-15-20/h5-10,12-15,21-22H,11,16-18H2,1-4H3,(H,28,33)(H,29,34)(H,30,31)/t21-,22+/m1/s1. The minimum absolute atomic E-state index is 0.0238. The Morgan fingerprint density at radius 1 is 0.865 bits per heavy atom. The second-order valence-electron chi connectivity index (χ2n) is 9.20. The topological polar surface area (TPSA) is 132 Å². The van der Waals surface area contributed by atoms with Crippen molar-refractivity contribution in [1.82, 2.24) is 16.0 Å². The molecular weight excluding hydrogens is 478 g/mol. The smallest absolute Gasteiger partial charge is 0.408 e. The molecule has 0 fully saturated rings. The van der Waals surface area contributed by atoms with Crippen LogP contribution in [-0.2, 0) is 30.4 Å². The van der Waals surface area contributed by atoms with E-state index in [-0.39, 0.29) is 19.6 Å². The molecule has 0 saturated carbocycles. The molecule has 10 nitrogen and oxygen atoms in total. The highest BCUT2D eigenvalue weighted by atomic mass is 16.6. The lowest BCUT2D eigenvalue weighted by Gasteiger charge is -2.23. The predicted molar refractivity (Wildman–Crippen MR) is 136 cm³/mol. The molecule has 2 atom stereocenters. The molecule has 0 spiro atoms. The molecule has 2 aromatic rings. The molecule has 0 saturated heterocycles. The van der Waals surface area contributed by atoms with Crippen molar-refractivity contribution < 1.29 is 33.4 Å². The fourth-order valence-corrected chi connectivity index (χ4v) is 3.27. The van der Waals surface area contributed by atoms with Crippen molar-refractivity contribution in [2.45, 2.75) is 57.9 Å². The first-order chi connectivity index (χ1) is 17.6. The highest BCUT2D eigenvalue weighted by Crippen LogP contribution is 2.15. The fourth-order valence-electron chi connectivity index (χ4n) is 3.27. The Morgan fingerprint density at radius 3 is 2.08 bits per heavy atom. The van der Waals surface area contributed by atoms with Gasteiger partial charge in [0.25, 0.3) is 0 Å². The average molecular weight is 514 g/mol. The van der Waals surface area contributed by atoms with Gasteiger partial charge in [-0.15, -0.1) is 0 Å². The molecule has 37 heavy (non-hydrogen) atoms. The fraction of sp³-hybridized carbons (Fsp3) is 0.407. The molecule has 0 aliphatic rings. The Labute approximate surface area is 217 Å². The third-order valence-corrected chi connectivity index (χ3v) is 5.02. The van der Waals surface area contributed by atoms with E-state index in [9.17, 15) is 19.2 Å². The molecule has 0 heterocycles. The summed E-state index contributed by atoms with van der Waals surface area (Å²) < 4.78 is 15.3. The highest BCUT2D eigenvalue weighted by Gasteiger charge is 2.28. The lowest BCUT2D eigenvalue weighted by atomic mass is 10.1. The minimum atomic E-state index is -1.07. The maximum atomic E-state index is 13.2. The van der Waals surface area contributed by atoms with Crippen LogP contribution in [-0.4, -0.2) is 49.4 Å². The zero-order valence-corrected chi connectivity index (χ0v) is 21.6. The molecule has 0 aromatic heterocycles. The number of hydrogen-bond donors (Lipinski definition) is 3. The van der Waals surface area contributed by atoms with Gasteiger partial charge in [0, 0.05) is 6.54 Å². The van der Waals surface area contributed by atoms with Crippen molar-refractivity contribution >= 4 is 24.1 Å². The third kappa shape index (κ3) is 11.0. The Kier molecular flexibility index (Phi) is 11.4. The van der Waals surface area contributed by atoms with Gasteiger partial charge in [-0.1, -0.05) is 60.7 Å². The van der Waals surface area contributed by atoms with E-state index in [2.05, 4.69) is 16.0 Å². The van der Waals surface area contributed by atoms with E-state index in [1.165, 1.54) is 7.11 Å². The van der Waals surface area contributed by atoms with Gasteiger partial charge in [0.2, 0.25) is 5.91 Å². The molecule has 0 aliphatic heterocycles. The van der Waals surface area contributed by atoms with Gasteiger partial charge in [0.05, 0.1) is 7.11 Å². The zero-order chi connectivity index (χ0) is 27.3. The second kappa shape index (κ2) is 14.5. The van der Waals surface area contributed by atoms with Crippen LogP contribution in [0.15, 0.2) is 60.7 Å². The summed E-state index contributed by atoms with van der Waals surface area (Å²) in [6.07, 6.45) is -0.882. The van der Waals surface area contributed by atoms with E-state index in [1.54, 1.807) is 63.2 Å². The summed E-state index contributed by atoms with van der Waals surface area (Å²) in [6, 6.07) is 15.6. The molecule has 2 aromatic carbocycles. The summed E-state index contributed by atoms with van der Waals surface area (Å²) in [5.74, 6) is -1.26. The lowest BCUT2D eigenvalue weighted by Crippen LogP contribution is -2.49. The first-order valence-electron chi connectivity index (χ1n) is 12.0. The summed E-state index contributed by atoms with van der Waals surface area (Å²) >= 11 is 0. The van der Waals surface area contributed by atoms with Gasteiger partial charge in [0.1, 0.15) is 18.2 Å². The van der Waals surface area contributed by atoms with E-state index in [0.29, 0.717) is 12.0 Å². The molecule has 10 heteroatoms. The third-order valence-electron chi connectivity index (χ3n) is 5.02. The van der Waals surface area contributed by atoms with Gasteiger partial charge in [-0.3, -0.25) is 4.79 Å². The van der Waals surface area contributed by atoms with Crippen LogP contribution in [0.25, 0.3) is 0 Å². The number of hydrogen-bond acceptors (Lipinski definition) is 7. The van der Waals surface area contributed by atoms with Gasteiger partial charge in [-0.05, 0) is 44.7 Å². The van der Waals surface area contributed by atoms with Crippen molar-refractivity contribution in [3.63, 3.8) is 0 Å². The van der Waals surface area contributed by atoms with Gasteiger partial charge in [-0.25, -0.2) is 14.4 Å². The monoisotopic (exact) mass is 513 g/mol. The minimum Gasteiger partial charge on any atom is -0.467 e. The molecule has 0 unspecified atom stereocenters. The zero-order valence-electron chi connectivity index (χ0n) is 21.6. The number of alkyl carbamates (subject to hydrolysis) is 2. The number of esters is 1. The van der Waals surface area contributed by atoms with E-state index < -0.39 is 41.7 Å². The maximum Gasteiger partial charge on any atom is 0.408 e.